The highest BCUT2D eigenvalue weighted by Crippen LogP contribution is 2.19. The summed E-state index contributed by atoms with van der Waals surface area (Å²) in [4.78, 5) is 11.9. The summed E-state index contributed by atoms with van der Waals surface area (Å²) in [7, 11) is 1.57. The number of methoxy groups -OCH3 is 1. The molecule has 0 aliphatic heterocycles. The second kappa shape index (κ2) is 8.19. The Bertz CT molecular complexity index is 596. The SMILES string of the molecule is COc1cc(C(=O)OCCOCCn2cccn2)ccc1C. The van der Waals surface area contributed by atoms with Gasteiger partial charge in [0, 0.05) is 12.4 Å². The van der Waals surface area contributed by atoms with Crippen LogP contribution in [0.15, 0.2) is 36.7 Å². The molecule has 0 unspecified atom stereocenters. The van der Waals surface area contributed by atoms with Crippen molar-refractivity contribution in [1.29, 1.82) is 0 Å². The van der Waals surface area contributed by atoms with Crippen molar-refractivity contribution in [3.05, 3.63) is 47.8 Å². The fourth-order valence-corrected chi connectivity index (χ4v) is 1.92. The molecule has 0 saturated heterocycles. The number of hydrogen-bond acceptors (Lipinski definition) is 5. The third kappa shape index (κ3) is 4.60. The lowest BCUT2D eigenvalue weighted by atomic mass is 10.1. The standard InChI is InChI=1S/C16H20N2O4/c1-13-4-5-14(12-15(13)20-2)16(19)22-11-10-21-9-8-18-7-3-6-17-18/h3-7,12H,8-11H2,1-2H3. The first-order chi connectivity index (χ1) is 10.7. The minimum Gasteiger partial charge on any atom is -0.496 e. The van der Waals surface area contributed by atoms with E-state index in [1.165, 1.54) is 0 Å². The van der Waals surface area contributed by atoms with Gasteiger partial charge in [-0.1, -0.05) is 6.07 Å². The van der Waals surface area contributed by atoms with Gasteiger partial charge in [0.2, 0.25) is 0 Å². The maximum absolute atomic E-state index is 11.9. The molecule has 0 spiro atoms. The van der Waals surface area contributed by atoms with Gasteiger partial charge in [0.25, 0.3) is 0 Å². The highest BCUT2D eigenvalue weighted by molar-refractivity contribution is 5.90. The van der Waals surface area contributed by atoms with Gasteiger partial charge in [-0.2, -0.15) is 5.10 Å². The first kappa shape index (κ1) is 16.0. The van der Waals surface area contributed by atoms with Crippen molar-refractivity contribution < 1.29 is 19.0 Å². The van der Waals surface area contributed by atoms with Gasteiger partial charge in [0.05, 0.1) is 32.4 Å². The van der Waals surface area contributed by atoms with Crippen LogP contribution in [0.5, 0.6) is 5.75 Å². The van der Waals surface area contributed by atoms with E-state index in [1.807, 2.05) is 25.3 Å². The van der Waals surface area contributed by atoms with E-state index in [-0.39, 0.29) is 12.6 Å². The number of esters is 1. The summed E-state index contributed by atoms with van der Waals surface area (Å²) in [5.74, 6) is 0.291. The van der Waals surface area contributed by atoms with Crippen LogP contribution in [0, 0.1) is 6.92 Å². The average Bonchev–Trinajstić information content (AvgIpc) is 3.04. The summed E-state index contributed by atoms with van der Waals surface area (Å²) in [6.45, 7) is 3.69. The van der Waals surface area contributed by atoms with Crippen LogP contribution in [0.2, 0.25) is 0 Å². The summed E-state index contributed by atoms with van der Waals surface area (Å²) in [6.07, 6.45) is 3.59. The van der Waals surface area contributed by atoms with E-state index in [1.54, 1.807) is 30.1 Å². The van der Waals surface area contributed by atoms with E-state index in [9.17, 15) is 4.79 Å². The minimum atomic E-state index is -0.381. The summed E-state index contributed by atoms with van der Waals surface area (Å²) in [5, 5.41) is 4.06. The van der Waals surface area contributed by atoms with Crippen molar-refractivity contribution in [3.63, 3.8) is 0 Å². The van der Waals surface area contributed by atoms with Crippen LogP contribution in [-0.2, 0) is 16.0 Å². The molecular formula is C16H20N2O4. The Morgan fingerprint density at radius 3 is 2.86 bits per heavy atom. The normalized spacial score (nSPS) is 10.5. The highest BCUT2D eigenvalue weighted by atomic mass is 16.6. The Labute approximate surface area is 129 Å². The minimum absolute atomic E-state index is 0.216. The molecule has 6 nitrogen and oxygen atoms in total. The van der Waals surface area contributed by atoms with Crippen molar-refractivity contribution >= 4 is 5.97 Å². The van der Waals surface area contributed by atoms with E-state index in [0.717, 1.165) is 5.56 Å². The number of ether oxygens (including phenoxy) is 3. The number of rotatable bonds is 8. The maximum Gasteiger partial charge on any atom is 0.338 e. The smallest absolute Gasteiger partial charge is 0.338 e. The molecule has 0 saturated carbocycles. The molecule has 0 atom stereocenters. The lowest BCUT2D eigenvalue weighted by Gasteiger charge is -2.08. The molecule has 0 bridgehead atoms. The summed E-state index contributed by atoms with van der Waals surface area (Å²) >= 11 is 0. The summed E-state index contributed by atoms with van der Waals surface area (Å²) in [6, 6.07) is 7.09. The van der Waals surface area contributed by atoms with Gasteiger partial charge in [-0.3, -0.25) is 4.68 Å². The predicted octanol–water partition coefficient (Wildman–Crippen LogP) is 2.07. The molecule has 0 amide bonds. The largest absolute Gasteiger partial charge is 0.496 e. The van der Waals surface area contributed by atoms with Crippen molar-refractivity contribution in [2.75, 3.05) is 26.9 Å². The van der Waals surface area contributed by atoms with Crippen molar-refractivity contribution in [1.82, 2.24) is 9.78 Å². The number of aromatic nitrogens is 2. The van der Waals surface area contributed by atoms with Crippen LogP contribution in [0.3, 0.4) is 0 Å². The molecule has 6 heteroatoms. The van der Waals surface area contributed by atoms with Gasteiger partial charge in [0.15, 0.2) is 0 Å². The third-order valence-corrected chi connectivity index (χ3v) is 3.13. The van der Waals surface area contributed by atoms with Gasteiger partial charge in [-0.15, -0.1) is 0 Å². The summed E-state index contributed by atoms with van der Waals surface area (Å²) in [5.41, 5.74) is 1.44. The molecule has 1 aromatic carbocycles. The Kier molecular flexibility index (Phi) is 5.97. The monoisotopic (exact) mass is 304 g/mol. The molecule has 0 N–H and O–H groups in total. The zero-order valence-electron chi connectivity index (χ0n) is 12.8. The predicted molar refractivity (Wildman–Crippen MR) is 81.1 cm³/mol. The molecule has 22 heavy (non-hydrogen) atoms. The second-order valence-electron chi connectivity index (χ2n) is 4.70. The summed E-state index contributed by atoms with van der Waals surface area (Å²) < 4.78 is 17.5. The molecule has 2 aromatic rings. The average molecular weight is 304 g/mol. The Balaban J connectivity index is 1.67. The van der Waals surface area contributed by atoms with Crippen LogP contribution >= 0.6 is 0 Å². The molecule has 1 heterocycles. The van der Waals surface area contributed by atoms with Crippen LogP contribution < -0.4 is 4.74 Å². The molecule has 0 radical (unpaired) electrons. The number of hydrogen-bond donors (Lipinski definition) is 0. The van der Waals surface area contributed by atoms with Gasteiger partial charge in [0.1, 0.15) is 12.4 Å². The van der Waals surface area contributed by atoms with E-state index in [0.29, 0.717) is 31.1 Å². The van der Waals surface area contributed by atoms with E-state index < -0.39 is 0 Å². The number of nitrogens with zero attached hydrogens (tertiary/aromatic N) is 2. The Hall–Kier alpha value is -2.34. The molecule has 0 fully saturated rings. The first-order valence-electron chi connectivity index (χ1n) is 7.07. The van der Waals surface area contributed by atoms with Crippen molar-refractivity contribution in [3.8, 4) is 5.75 Å². The zero-order chi connectivity index (χ0) is 15.8. The number of carbonyl (C=O) groups is 1. The molecule has 0 aliphatic rings. The van der Waals surface area contributed by atoms with E-state index in [2.05, 4.69) is 5.10 Å². The maximum atomic E-state index is 11.9. The van der Waals surface area contributed by atoms with Gasteiger partial charge in [-0.05, 0) is 30.7 Å². The first-order valence-corrected chi connectivity index (χ1v) is 7.07. The van der Waals surface area contributed by atoms with Gasteiger partial charge >= 0.3 is 5.97 Å². The number of benzene rings is 1. The van der Waals surface area contributed by atoms with Crippen molar-refractivity contribution in [2.45, 2.75) is 13.5 Å². The fourth-order valence-electron chi connectivity index (χ4n) is 1.92. The van der Waals surface area contributed by atoms with E-state index >= 15 is 0 Å². The molecule has 2 rings (SSSR count). The van der Waals surface area contributed by atoms with E-state index in [4.69, 9.17) is 14.2 Å². The van der Waals surface area contributed by atoms with Crippen LogP contribution in [0.25, 0.3) is 0 Å². The molecule has 1 aromatic heterocycles. The lowest BCUT2D eigenvalue weighted by Crippen LogP contribution is -2.13. The van der Waals surface area contributed by atoms with Gasteiger partial charge in [-0.25, -0.2) is 4.79 Å². The lowest BCUT2D eigenvalue weighted by molar-refractivity contribution is 0.0303. The number of carbonyl (C=O) groups excluding carboxylic acids is 1. The molecule has 0 aliphatic carbocycles. The quantitative estimate of drug-likeness (QED) is 0.552. The van der Waals surface area contributed by atoms with Gasteiger partial charge < -0.3 is 14.2 Å². The zero-order valence-corrected chi connectivity index (χ0v) is 12.8. The number of aryl methyl sites for hydroxylation is 1. The topological polar surface area (TPSA) is 62.6 Å². The Morgan fingerprint density at radius 1 is 1.27 bits per heavy atom. The third-order valence-electron chi connectivity index (χ3n) is 3.13. The highest BCUT2D eigenvalue weighted by Gasteiger charge is 2.09. The Morgan fingerprint density at radius 2 is 2.14 bits per heavy atom. The molecular weight excluding hydrogens is 284 g/mol. The fraction of sp³-hybridized carbons (Fsp3) is 0.375. The molecule has 118 valence electrons. The van der Waals surface area contributed by atoms with Crippen LogP contribution in [0.1, 0.15) is 15.9 Å². The second-order valence-corrected chi connectivity index (χ2v) is 4.70. The van der Waals surface area contributed by atoms with Crippen LogP contribution in [-0.4, -0.2) is 42.7 Å². The van der Waals surface area contributed by atoms with Crippen molar-refractivity contribution in [2.24, 2.45) is 0 Å². The van der Waals surface area contributed by atoms with Crippen LogP contribution in [0.4, 0.5) is 0 Å².